The predicted molar refractivity (Wildman–Crippen MR) is 60.5 cm³/mol. The fourth-order valence-electron chi connectivity index (χ4n) is 1.67. The van der Waals surface area contributed by atoms with Crippen molar-refractivity contribution in [3.8, 4) is 0 Å². The Morgan fingerprint density at radius 2 is 1.93 bits per heavy atom. The van der Waals surface area contributed by atoms with E-state index in [-0.39, 0.29) is 12.5 Å². The molecule has 1 unspecified atom stereocenters. The molecule has 0 amide bonds. The Bertz CT molecular complexity index is 302. The minimum atomic E-state index is -0.00713. The maximum absolute atomic E-state index is 9.12. The quantitative estimate of drug-likeness (QED) is 0.778. The molecule has 1 aromatic carbocycles. The Kier molecular flexibility index (Phi) is 3.70. The molecule has 0 aromatic heterocycles. The van der Waals surface area contributed by atoms with Gasteiger partial charge < -0.3 is 5.11 Å². The van der Waals surface area contributed by atoms with Gasteiger partial charge in [-0.2, -0.15) is 0 Å². The highest BCUT2D eigenvalue weighted by Crippen LogP contribution is 2.26. The van der Waals surface area contributed by atoms with Crippen molar-refractivity contribution in [2.75, 3.05) is 6.61 Å². The van der Waals surface area contributed by atoms with Gasteiger partial charge in [-0.05, 0) is 30.9 Å². The van der Waals surface area contributed by atoms with Crippen LogP contribution in [0.3, 0.4) is 0 Å². The number of aliphatic hydroxyl groups is 1. The summed E-state index contributed by atoms with van der Waals surface area (Å²) in [7, 11) is 0. The molecule has 1 N–H and O–H groups in total. The monoisotopic (exact) mass is 191 g/mol. The summed E-state index contributed by atoms with van der Waals surface area (Å²) in [6.45, 7) is 10.5. The average molecular weight is 191 g/mol. The first-order valence-electron chi connectivity index (χ1n) is 5.10. The Balaban J connectivity index is 3.15. The number of hydrogen-bond donors (Lipinski definition) is 1. The molecule has 1 rings (SSSR count). The lowest BCUT2D eigenvalue weighted by molar-refractivity contribution is 0.282. The van der Waals surface area contributed by atoms with E-state index in [0.29, 0.717) is 5.92 Å². The van der Waals surface area contributed by atoms with Crippen molar-refractivity contribution in [1.29, 1.82) is 0 Å². The zero-order valence-electron chi connectivity index (χ0n) is 9.25. The SMILES string of the molecule is [CH2]C(CO)c1cc(C)ccc1C(C)C. The van der Waals surface area contributed by atoms with Crippen LogP contribution < -0.4 is 0 Å². The third kappa shape index (κ3) is 2.36. The number of hydrogen-bond acceptors (Lipinski definition) is 1. The number of aryl methyl sites for hydroxylation is 1. The lowest BCUT2D eigenvalue weighted by Gasteiger charge is -2.17. The molecule has 0 saturated carbocycles. The molecule has 1 radical (unpaired) electrons. The van der Waals surface area contributed by atoms with Gasteiger partial charge >= 0.3 is 0 Å². The molecular weight excluding hydrogens is 172 g/mol. The molecule has 0 aliphatic heterocycles. The van der Waals surface area contributed by atoms with E-state index in [0.717, 1.165) is 0 Å². The van der Waals surface area contributed by atoms with Crippen molar-refractivity contribution in [2.45, 2.75) is 32.6 Å². The maximum Gasteiger partial charge on any atom is 0.0499 e. The number of rotatable bonds is 3. The van der Waals surface area contributed by atoms with Crippen molar-refractivity contribution in [2.24, 2.45) is 0 Å². The van der Waals surface area contributed by atoms with Gasteiger partial charge in [0.2, 0.25) is 0 Å². The molecule has 77 valence electrons. The van der Waals surface area contributed by atoms with Gasteiger partial charge in [-0.15, -0.1) is 0 Å². The first-order valence-corrected chi connectivity index (χ1v) is 5.10. The molecule has 0 heterocycles. The van der Waals surface area contributed by atoms with Gasteiger partial charge in [-0.25, -0.2) is 0 Å². The first kappa shape index (κ1) is 11.3. The van der Waals surface area contributed by atoms with Gasteiger partial charge in [-0.3, -0.25) is 0 Å². The summed E-state index contributed by atoms with van der Waals surface area (Å²) in [6, 6.07) is 6.38. The number of benzene rings is 1. The normalized spacial score (nSPS) is 13.3. The average Bonchev–Trinajstić information content (AvgIpc) is 2.16. The molecule has 1 atom stereocenters. The van der Waals surface area contributed by atoms with E-state index in [1.165, 1.54) is 16.7 Å². The summed E-state index contributed by atoms with van der Waals surface area (Å²) in [5.74, 6) is 0.480. The molecule has 0 aliphatic rings. The van der Waals surface area contributed by atoms with Gasteiger partial charge in [0.05, 0.1) is 0 Å². The molecule has 1 heteroatoms. The first-order chi connectivity index (χ1) is 6.56. The fraction of sp³-hybridized carbons (Fsp3) is 0.462. The van der Waals surface area contributed by atoms with Crippen molar-refractivity contribution in [3.05, 3.63) is 41.8 Å². The van der Waals surface area contributed by atoms with E-state index in [9.17, 15) is 0 Å². The molecule has 1 nitrogen and oxygen atoms in total. The van der Waals surface area contributed by atoms with Gasteiger partial charge in [-0.1, -0.05) is 37.6 Å². The van der Waals surface area contributed by atoms with E-state index in [2.05, 4.69) is 45.9 Å². The van der Waals surface area contributed by atoms with Gasteiger partial charge in [0.1, 0.15) is 0 Å². The zero-order valence-corrected chi connectivity index (χ0v) is 9.25. The standard InChI is InChI=1S/C13H19O/c1-9(2)12-6-5-10(3)7-13(12)11(4)8-14/h5-7,9,11,14H,4,8H2,1-3H3. The van der Waals surface area contributed by atoms with E-state index < -0.39 is 0 Å². The van der Waals surface area contributed by atoms with Crippen molar-refractivity contribution in [3.63, 3.8) is 0 Å². The summed E-state index contributed by atoms with van der Waals surface area (Å²) >= 11 is 0. The summed E-state index contributed by atoms with van der Waals surface area (Å²) in [5.41, 5.74) is 3.71. The largest absolute Gasteiger partial charge is 0.396 e. The summed E-state index contributed by atoms with van der Waals surface area (Å²) in [4.78, 5) is 0. The molecule has 0 aliphatic carbocycles. The van der Waals surface area contributed by atoms with Crippen LogP contribution >= 0.6 is 0 Å². The molecule has 0 spiro atoms. The zero-order chi connectivity index (χ0) is 10.7. The highest BCUT2D eigenvalue weighted by atomic mass is 16.3. The lowest BCUT2D eigenvalue weighted by Crippen LogP contribution is -2.05. The van der Waals surface area contributed by atoms with Gasteiger partial charge in [0.15, 0.2) is 0 Å². The Morgan fingerprint density at radius 1 is 1.29 bits per heavy atom. The van der Waals surface area contributed by atoms with Crippen LogP contribution in [0.2, 0.25) is 0 Å². The Hall–Kier alpha value is -0.820. The van der Waals surface area contributed by atoms with Crippen LogP contribution in [0.4, 0.5) is 0 Å². The third-order valence-corrected chi connectivity index (χ3v) is 2.52. The molecular formula is C13H19O. The lowest BCUT2D eigenvalue weighted by atomic mass is 9.89. The topological polar surface area (TPSA) is 20.2 Å². The van der Waals surface area contributed by atoms with Crippen LogP contribution in [-0.2, 0) is 0 Å². The highest BCUT2D eigenvalue weighted by molar-refractivity contribution is 5.36. The van der Waals surface area contributed by atoms with E-state index in [1.807, 2.05) is 0 Å². The molecule has 0 fully saturated rings. The van der Waals surface area contributed by atoms with Crippen molar-refractivity contribution in [1.82, 2.24) is 0 Å². The van der Waals surface area contributed by atoms with Gasteiger partial charge in [0, 0.05) is 12.5 Å². The fourth-order valence-corrected chi connectivity index (χ4v) is 1.67. The molecule has 0 saturated heterocycles. The van der Waals surface area contributed by atoms with Crippen molar-refractivity contribution < 1.29 is 5.11 Å². The van der Waals surface area contributed by atoms with Crippen LogP contribution in [0.25, 0.3) is 0 Å². The molecule has 1 aromatic rings. The third-order valence-electron chi connectivity index (χ3n) is 2.52. The second-order valence-corrected chi connectivity index (χ2v) is 4.17. The smallest absolute Gasteiger partial charge is 0.0499 e. The Labute approximate surface area is 86.8 Å². The van der Waals surface area contributed by atoms with E-state index in [4.69, 9.17) is 5.11 Å². The van der Waals surface area contributed by atoms with E-state index >= 15 is 0 Å². The number of aliphatic hydroxyl groups excluding tert-OH is 1. The van der Waals surface area contributed by atoms with Crippen LogP contribution in [0, 0.1) is 13.8 Å². The predicted octanol–water partition coefficient (Wildman–Crippen LogP) is 3.03. The summed E-state index contributed by atoms with van der Waals surface area (Å²) in [5, 5.41) is 9.12. The molecule has 0 bridgehead atoms. The minimum absolute atomic E-state index is 0.00713. The van der Waals surface area contributed by atoms with Crippen LogP contribution in [0.5, 0.6) is 0 Å². The van der Waals surface area contributed by atoms with Crippen molar-refractivity contribution >= 4 is 0 Å². The second kappa shape index (κ2) is 4.61. The highest BCUT2D eigenvalue weighted by Gasteiger charge is 2.12. The van der Waals surface area contributed by atoms with Crippen LogP contribution in [-0.4, -0.2) is 11.7 Å². The second-order valence-electron chi connectivity index (χ2n) is 4.17. The van der Waals surface area contributed by atoms with Crippen LogP contribution in [0.1, 0.15) is 42.4 Å². The maximum atomic E-state index is 9.12. The minimum Gasteiger partial charge on any atom is -0.396 e. The summed E-state index contributed by atoms with van der Waals surface area (Å²) < 4.78 is 0. The van der Waals surface area contributed by atoms with Gasteiger partial charge in [0.25, 0.3) is 0 Å². The molecule has 14 heavy (non-hydrogen) atoms. The summed E-state index contributed by atoms with van der Waals surface area (Å²) in [6.07, 6.45) is 0. The van der Waals surface area contributed by atoms with E-state index in [1.54, 1.807) is 0 Å². The van der Waals surface area contributed by atoms with Crippen LogP contribution in [0.15, 0.2) is 18.2 Å². The Morgan fingerprint density at radius 3 is 2.43 bits per heavy atom.